The molecular weight excluding hydrogens is 271 g/mol. The number of carbonyl (C=O) groups is 2. The van der Waals surface area contributed by atoms with Crippen LogP contribution in [0.2, 0.25) is 0 Å². The molecule has 21 heavy (non-hydrogen) atoms. The van der Waals surface area contributed by atoms with Gasteiger partial charge in [-0.2, -0.15) is 0 Å². The number of likely N-dealkylation sites (tertiary alicyclic amines) is 1. The van der Waals surface area contributed by atoms with E-state index in [-0.39, 0.29) is 24.3 Å². The Hall–Kier alpha value is -1.91. The van der Waals surface area contributed by atoms with Crippen LogP contribution in [0.25, 0.3) is 0 Å². The smallest absolute Gasteiger partial charge is 0.227 e. The fraction of sp³-hybridized carbons (Fsp3) is 0.500. The first-order chi connectivity index (χ1) is 10.1. The molecule has 1 unspecified atom stereocenters. The van der Waals surface area contributed by atoms with Crippen molar-refractivity contribution in [3.05, 3.63) is 29.8 Å². The lowest BCUT2D eigenvalue weighted by molar-refractivity contribution is -0.131. The van der Waals surface area contributed by atoms with Crippen LogP contribution in [0.15, 0.2) is 24.3 Å². The Balaban J connectivity index is 1.56. The Morgan fingerprint density at radius 1 is 1.38 bits per heavy atom. The lowest BCUT2D eigenvalue weighted by atomic mass is 9.89. The van der Waals surface area contributed by atoms with Crippen molar-refractivity contribution >= 4 is 17.5 Å². The number of amides is 2. The molecule has 2 aliphatic heterocycles. The molecule has 0 saturated carbocycles. The summed E-state index contributed by atoms with van der Waals surface area (Å²) in [5.41, 5.74) is 1.98. The van der Waals surface area contributed by atoms with Gasteiger partial charge in [0.05, 0.1) is 6.54 Å². The summed E-state index contributed by atoms with van der Waals surface area (Å²) in [6, 6.07) is 7.73. The Kier molecular flexibility index (Phi) is 3.90. The van der Waals surface area contributed by atoms with Crippen molar-refractivity contribution in [2.24, 2.45) is 5.92 Å². The van der Waals surface area contributed by atoms with Gasteiger partial charge >= 0.3 is 0 Å². The quantitative estimate of drug-likeness (QED) is 0.927. The van der Waals surface area contributed by atoms with Crippen molar-refractivity contribution in [1.29, 1.82) is 0 Å². The second-order valence-electron chi connectivity index (χ2n) is 5.81. The average Bonchev–Trinajstić information content (AvgIpc) is 2.91. The molecule has 0 aromatic heterocycles. The number of hydrogen-bond acceptors (Lipinski definition) is 2. The first-order valence-corrected chi connectivity index (χ1v) is 7.44. The molecule has 0 aliphatic carbocycles. The number of nitrogens with one attached hydrogen (secondary N) is 1. The number of para-hydroxylation sites is 1. The summed E-state index contributed by atoms with van der Waals surface area (Å²) in [4.78, 5) is 25.6. The first-order valence-electron chi connectivity index (χ1n) is 7.44. The maximum Gasteiger partial charge on any atom is 0.227 e. The minimum Gasteiger partial charge on any atom is -0.340 e. The number of rotatable bonds is 3. The standard InChI is InChI=1S/C16H19FN2O2/c17-13-7-8-19(10-13)15(20)6-5-12-9-11-3-1-2-4-14(11)18-16(12)21/h1-4,12-13H,5-10H2,(H,18,21)/t12?,13-/m0/s1. The van der Waals surface area contributed by atoms with Crippen LogP contribution in [-0.2, 0) is 16.0 Å². The lowest BCUT2D eigenvalue weighted by Crippen LogP contribution is -2.33. The predicted molar refractivity (Wildman–Crippen MR) is 77.6 cm³/mol. The summed E-state index contributed by atoms with van der Waals surface area (Å²) in [6.07, 6.45) is 1.04. The third-order valence-corrected chi connectivity index (χ3v) is 4.30. The predicted octanol–water partition coefficient (Wildman–Crippen LogP) is 2.15. The molecule has 2 heterocycles. The molecule has 4 nitrogen and oxygen atoms in total. The lowest BCUT2D eigenvalue weighted by Gasteiger charge is -2.25. The summed E-state index contributed by atoms with van der Waals surface area (Å²) in [5.74, 6) is -0.235. The van der Waals surface area contributed by atoms with Crippen LogP contribution >= 0.6 is 0 Å². The van der Waals surface area contributed by atoms with E-state index >= 15 is 0 Å². The highest BCUT2D eigenvalue weighted by molar-refractivity contribution is 5.96. The monoisotopic (exact) mass is 290 g/mol. The van der Waals surface area contributed by atoms with Crippen LogP contribution in [0, 0.1) is 5.92 Å². The summed E-state index contributed by atoms with van der Waals surface area (Å²) in [7, 11) is 0. The van der Waals surface area contributed by atoms with Gasteiger partial charge in [-0.1, -0.05) is 18.2 Å². The van der Waals surface area contributed by atoms with Crippen molar-refractivity contribution in [3.63, 3.8) is 0 Å². The number of carbonyl (C=O) groups excluding carboxylic acids is 2. The highest BCUT2D eigenvalue weighted by Gasteiger charge is 2.29. The van der Waals surface area contributed by atoms with Crippen molar-refractivity contribution in [2.75, 3.05) is 18.4 Å². The van der Waals surface area contributed by atoms with Gasteiger partial charge in [-0.25, -0.2) is 4.39 Å². The Labute approximate surface area is 123 Å². The fourth-order valence-electron chi connectivity index (χ4n) is 3.05. The second kappa shape index (κ2) is 5.84. The Morgan fingerprint density at radius 2 is 2.19 bits per heavy atom. The number of hydrogen-bond donors (Lipinski definition) is 1. The maximum atomic E-state index is 13.1. The molecule has 2 atom stereocenters. The Morgan fingerprint density at radius 3 is 2.95 bits per heavy atom. The van der Waals surface area contributed by atoms with Crippen molar-refractivity contribution in [1.82, 2.24) is 4.90 Å². The van der Waals surface area contributed by atoms with Gasteiger partial charge in [-0.15, -0.1) is 0 Å². The molecule has 3 rings (SSSR count). The second-order valence-corrected chi connectivity index (χ2v) is 5.81. The van der Waals surface area contributed by atoms with Gasteiger partial charge in [0.25, 0.3) is 0 Å². The van der Waals surface area contributed by atoms with Gasteiger partial charge in [0, 0.05) is 24.6 Å². The molecule has 112 valence electrons. The molecule has 1 fully saturated rings. The van der Waals surface area contributed by atoms with E-state index in [0.29, 0.717) is 32.2 Å². The van der Waals surface area contributed by atoms with E-state index in [4.69, 9.17) is 0 Å². The van der Waals surface area contributed by atoms with E-state index in [1.54, 1.807) is 4.90 Å². The number of alkyl halides is 1. The van der Waals surface area contributed by atoms with E-state index < -0.39 is 6.17 Å². The molecule has 1 aromatic rings. The summed E-state index contributed by atoms with van der Waals surface area (Å²) in [5, 5.41) is 2.89. The summed E-state index contributed by atoms with van der Waals surface area (Å²) < 4.78 is 13.1. The van der Waals surface area contributed by atoms with E-state index in [1.165, 1.54) is 0 Å². The number of nitrogens with zero attached hydrogens (tertiary/aromatic N) is 1. The number of fused-ring (bicyclic) bond motifs is 1. The molecule has 2 amide bonds. The van der Waals surface area contributed by atoms with Crippen LogP contribution in [0.3, 0.4) is 0 Å². The molecule has 5 heteroatoms. The van der Waals surface area contributed by atoms with Crippen LogP contribution in [0.1, 0.15) is 24.8 Å². The SMILES string of the molecule is O=C1Nc2ccccc2CC1CCC(=O)N1CC[C@H](F)C1. The number of benzene rings is 1. The summed E-state index contributed by atoms with van der Waals surface area (Å²) in [6.45, 7) is 0.707. The van der Waals surface area contributed by atoms with E-state index in [0.717, 1.165) is 11.3 Å². The number of halogens is 1. The van der Waals surface area contributed by atoms with Crippen LogP contribution < -0.4 is 5.32 Å². The van der Waals surface area contributed by atoms with Gasteiger partial charge in [-0.3, -0.25) is 9.59 Å². The summed E-state index contributed by atoms with van der Waals surface area (Å²) >= 11 is 0. The molecule has 1 aromatic carbocycles. The average molecular weight is 290 g/mol. The van der Waals surface area contributed by atoms with Gasteiger partial charge in [-0.05, 0) is 30.9 Å². The highest BCUT2D eigenvalue weighted by atomic mass is 19.1. The molecule has 0 spiro atoms. The molecule has 2 aliphatic rings. The van der Waals surface area contributed by atoms with Crippen molar-refractivity contribution < 1.29 is 14.0 Å². The topological polar surface area (TPSA) is 49.4 Å². The third kappa shape index (κ3) is 3.06. The van der Waals surface area contributed by atoms with E-state index in [2.05, 4.69) is 5.32 Å². The molecule has 0 bridgehead atoms. The minimum atomic E-state index is -0.890. The normalized spacial score (nSPS) is 24.6. The van der Waals surface area contributed by atoms with Crippen molar-refractivity contribution in [2.45, 2.75) is 31.9 Å². The van der Waals surface area contributed by atoms with Gasteiger partial charge < -0.3 is 10.2 Å². The van der Waals surface area contributed by atoms with Crippen LogP contribution in [0.5, 0.6) is 0 Å². The fourth-order valence-corrected chi connectivity index (χ4v) is 3.05. The van der Waals surface area contributed by atoms with Crippen LogP contribution in [-0.4, -0.2) is 36.0 Å². The minimum absolute atomic E-state index is 0.0220. The third-order valence-electron chi connectivity index (χ3n) is 4.30. The zero-order valence-corrected chi connectivity index (χ0v) is 11.8. The van der Waals surface area contributed by atoms with Crippen molar-refractivity contribution in [3.8, 4) is 0 Å². The zero-order valence-electron chi connectivity index (χ0n) is 11.8. The zero-order chi connectivity index (χ0) is 14.8. The first kappa shape index (κ1) is 14.0. The largest absolute Gasteiger partial charge is 0.340 e. The van der Waals surface area contributed by atoms with Gasteiger partial charge in [0.1, 0.15) is 6.17 Å². The van der Waals surface area contributed by atoms with Gasteiger partial charge in [0.2, 0.25) is 11.8 Å². The number of anilines is 1. The van der Waals surface area contributed by atoms with Crippen LogP contribution in [0.4, 0.5) is 10.1 Å². The molecule has 1 N–H and O–H groups in total. The molecule has 0 radical (unpaired) electrons. The van der Waals surface area contributed by atoms with E-state index in [1.807, 2.05) is 24.3 Å². The highest BCUT2D eigenvalue weighted by Crippen LogP contribution is 2.28. The maximum absolute atomic E-state index is 13.1. The molecule has 1 saturated heterocycles. The molecular formula is C16H19FN2O2. The van der Waals surface area contributed by atoms with Gasteiger partial charge in [0.15, 0.2) is 0 Å². The van der Waals surface area contributed by atoms with E-state index in [9.17, 15) is 14.0 Å². The Bertz CT molecular complexity index is 561.